The predicted octanol–water partition coefficient (Wildman–Crippen LogP) is 13.8. The Balaban J connectivity index is 1.09. The summed E-state index contributed by atoms with van der Waals surface area (Å²) in [5.41, 5.74) is 13.3. The van der Waals surface area contributed by atoms with E-state index in [0.29, 0.717) is 5.82 Å². The molecule has 6 nitrogen and oxygen atoms in total. The highest BCUT2D eigenvalue weighted by atomic mass is 16.3. The molecule has 0 aliphatic rings. The molecule has 3 aromatic heterocycles. The predicted molar refractivity (Wildman–Crippen MR) is 244 cm³/mol. The van der Waals surface area contributed by atoms with Crippen LogP contribution in [0.1, 0.15) is 0 Å². The van der Waals surface area contributed by atoms with Crippen LogP contribution in [0.3, 0.4) is 0 Å². The van der Waals surface area contributed by atoms with Gasteiger partial charge in [-0.2, -0.15) is 4.80 Å². The van der Waals surface area contributed by atoms with Crippen LogP contribution in [0.2, 0.25) is 0 Å². The lowest BCUT2D eigenvalue weighted by Gasteiger charge is -2.14. The molecule has 0 unspecified atom stereocenters. The Bertz CT molecular complexity index is 3540. The minimum absolute atomic E-state index is 0.630. The van der Waals surface area contributed by atoms with Gasteiger partial charge in [0.2, 0.25) is 0 Å². The van der Waals surface area contributed by atoms with Gasteiger partial charge >= 0.3 is 0 Å². The lowest BCUT2D eigenvalue weighted by atomic mass is 9.94. The molecular formula is C54H33N5O. The largest absolute Gasteiger partial charge is 0.456 e. The SMILES string of the molecule is c1ccc(-c2cc(-c3ccccc3)cc(-c3cc(-c4ccc5oc6ccccc6c5c4)nc(-c4ccc5ccc6ccc7nn(-c8ccccc8)nc7c6c5c4)n3)c2)cc1. The number of nitrogens with zero attached hydrogens (tertiary/aromatic N) is 5. The van der Waals surface area contributed by atoms with Crippen molar-refractivity contribution < 1.29 is 4.42 Å². The van der Waals surface area contributed by atoms with Crippen LogP contribution < -0.4 is 0 Å². The van der Waals surface area contributed by atoms with Gasteiger partial charge in [0, 0.05) is 32.8 Å². The highest BCUT2D eigenvalue weighted by Gasteiger charge is 2.17. The van der Waals surface area contributed by atoms with Gasteiger partial charge in [-0.25, -0.2) is 9.97 Å². The third-order valence-electron chi connectivity index (χ3n) is 11.4. The first-order chi connectivity index (χ1) is 29.7. The number of rotatable bonds is 6. The Hall–Kier alpha value is -8.22. The molecule has 0 atom stereocenters. The molecule has 12 rings (SSSR count). The number of hydrogen-bond donors (Lipinski definition) is 0. The van der Waals surface area contributed by atoms with Crippen LogP contribution in [0.5, 0.6) is 0 Å². The Morgan fingerprint density at radius 2 is 0.950 bits per heavy atom. The van der Waals surface area contributed by atoms with E-state index in [0.717, 1.165) is 111 Å². The second-order valence-corrected chi connectivity index (χ2v) is 15.2. The van der Waals surface area contributed by atoms with Gasteiger partial charge in [0.05, 0.1) is 17.1 Å². The standard InChI is InChI=1S/C54H33N5O/c1-4-12-34(13-5-1)40-28-41(35-14-6-2-7-15-35)30-42(29-40)49-33-48(38-25-27-51-46(31-38)44-18-10-11-19-50(44)60-51)55-54(56-49)39-23-21-36-20-22-37-24-26-47-53(52(37)45(36)32-39)58-59(57-47)43-16-8-3-9-17-43/h1-33H. The van der Waals surface area contributed by atoms with Crippen LogP contribution in [0, 0.1) is 0 Å². The van der Waals surface area contributed by atoms with Crippen LogP contribution in [0.25, 0.3) is 116 Å². The van der Waals surface area contributed by atoms with Crippen molar-refractivity contribution in [3.8, 4) is 61.8 Å². The van der Waals surface area contributed by atoms with Gasteiger partial charge in [-0.3, -0.25) is 0 Å². The van der Waals surface area contributed by atoms with E-state index in [1.54, 1.807) is 4.80 Å². The molecule has 12 aromatic rings. The highest BCUT2D eigenvalue weighted by molar-refractivity contribution is 6.19. The smallest absolute Gasteiger partial charge is 0.160 e. The Morgan fingerprint density at radius 1 is 0.367 bits per heavy atom. The van der Waals surface area contributed by atoms with Gasteiger partial charge in [0.25, 0.3) is 0 Å². The van der Waals surface area contributed by atoms with E-state index in [9.17, 15) is 0 Å². The molecule has 0 saturated carbocycles. The van der Waals surface area contributed by atoms with Gasteiger partial charge in [0.15, 0.2) is 5.82 Å². The molecule has 0 amide bonds. The van der Waals surface area contributed by atoms with Crippen molar-refractivity contribution in [3.63, 3.8) is 0 Å². The molecule has 3 heterocycles. The summed E-state index contributed by atoms with van der Waals surface area (Å²) >= 11 is 0. The Morgan fingerprint density at radius 3 is 1.72 bits per heavy atom. The van der Waals surface area contributed by atoms with Crippen LogP contribution in [0.4, 0.5) is 0 Å². The molecule has 0 spiro atoms. The van der Waals surface area contributed by atoms with Gasteiger partial charge in [-0.15, -0.1) is 10.2 Å². The summed E-state index contributed by atoms with van der Waals surface area (Å²) in [6, 6.07) is 69.5. The van der Waals surface area contributed by atoms with Crippen LogP contribution >= 0.6 is 0 Å². The molecule has 280 valence electrons. The molecule has 9 aromatic carbocycles. The molecule has 60 heavy (non-hydrogen) atoms. The van der Waals surface area contributed by atoms with Crippen molar-refractivity contribution in [1.82, 2.24) is 25.0 Å². The fourth-order valence-corrected chi connectivity index (χ4v) is 8.46. The minimum atomic E-state index is 0.630. The Labute approximate surface area is 344 Å². The Kier molecular flexibility index (Phi) is 7.74. The van der Waals surface area contributed by atoms with E-state index in [2.05, 4.69) is 140 Å². The summed E-state index contributed by atoms with van der Waals surface area (Å²) in [6.45, 7) is 0. The molecule has 0 N–H and O–H groups in total. The summed E-state index contributed by atoms with van der Waals surface area (Å²) in [5.74, 6) is 0.630. The molecule has 0 fully saturated rings. The number of aromatic nitrogens is 5. The lowest BCUT2D eigenvalue weighted by molar-refractivity contribution is 0.669. The fourth-order valence-electron chi connectivity index (χ4n) is 8.46. The first kappa shape index (κ1) is 33.9. The van der Waals surface area contributed by atoms with Crippen LogP contribution in [-0.4, -0.2) is 25.0 Å². The van der Waals surface area contributed by atoms with E-state index in [1.807, 2.05) is 60.7 Å². The monoisotopic (exact) mass is 767 g/mol. The number of furan rings is 1. The summed E-state index contributed by atoms with van der Waals surface area (Å²) in [4.78, 5) is 12.5. The molecule has 0 bridgehead atoms. The van der Waals surface area contributed by atoms with Crippen molar-refractivity contribution >= 4 is 54.5 Å². The van der Waals surface area contributed by atoms with E-state index < -0.39 is 0 Å². The van der Waals surface area contributed by atoms with Gasteiger partial charge in [-0.05, 0) is 111 Å². The zero-order valence-corrected chi connectivity index (χ0v) is 32.2. The topological polar surface area (TPSA) is 69.6 Å². The maximum Gasteiger partial charge on any atom is 0.160 e. The second kappa shape index (κ2) is 13.7. The number of benzene rings is 9. The van der Waals surface area contributed by atoms with Crippen molar-refractivity contribution in [1.29, 1.82) is 0 Å². The van der Waals surface area contributed by atoms with Crippen molar-refractivity contribution in [2.45, 2.75) is 0 Å². The summed E-state index contributed by atoms with van der Waals surface area (Å²) in [5, 5.41) is 16.4. The number of fused-ring (bicyclic) bond motifs is 8. The van der Waals surface area contributed by atoms with Crippen molar-refractivity contribution in [3.05, 3.63) is 200 Å². The lowest BCUT2D eigenvalue weighted by Crippen LogP contribution is -1.97. The fraction of sp³-hybridized carbons (Fsp3) is 0. The van der Waals surface area contributed by atoms with E-state index in [1.165, 1.54) is 0 Å². The minimum Gasteiger partial charge on any atom is -0.456 e. The first-order valence-electron chi connectivity index (χ1n) is 20.0. The highest BCUT2D eigenvalue weighted by Crippen LogP contribution is 2.38. The van der Waals surface area contributed by atoms with Crippen LogP contribution in [0.15, 0.2) is 205 Å². The van der Waals surface area contributed by atoms with Gasteiger partial charge in [0.1, 0.15) is 22.2 Å². The molecule has 0 saturated heterocycles. The second-order valence-electron chi connectivity index (χ2n) is 15.2. The van der Waals surface area contributed by atoms with Gasteiger partial charge in [-0.1, -0.05) is 127 Å². The van der Waals surface area contributed by atoms with E-state index in [-0.39, 0.29) is 0 Å². The normalized spacial score (nSPS) is 11.7. The molecule has 0 aliphatic carbocycles. The quantitative estimate of drug-likeness (QED) is 0.158. The molecule has 6 heteroatoms. The van der Waals surface area contributed by atoms with Gasteiger partial charge < -0.3 is 4.42 Å². The van der Waals surface area contributed by atoms with Crippen molar-refractivity contribution in [2.24, 2.45) is 0 Å². The van der Waals surface area contributed by atoms with E-state index in [4.69, 9.17) is 24.6 Å². The maximum absolute atomic E-state index is 6.23. The molecule has 0 aliphatic heterocycles. The number of para-hydroxylation sites is 2. The first-order valence-corrected chi connectivity index (χ1v) is 20.0. The molecule has 0 radical (unpaired) electrons. The zero-order chi connectivity index (χ0) is 39.6. The average Bonchev–Trinajstić information content (AvgIpc) is 3.94. The molecular weight excluding hydrogens is 735 g/mol. The number of hydrogen-bond acceptors (Lipinski definition) is 5. The summed E-state index contributed by atoms with van der Waals surface area (Å²) < 4.78 is 6.23. The van der Waals surface area contributed by atoms with E-state index >= 15 is 0 Å². The summed E-state index contributed by atoms with van der Waals surface area (Å²) in [6.07, 6.45) is 0. The van der Waals surface area contributed by atoms with Crippen LogP contribution in [-0.2, 0) is 0 Å². The zero-order valence-electron chi connectivity index (χ0n) is 32.2. The third kappa shape index (κ3) is 5.81. The maximum atomic E-state index is 6.23. The average molecular weight is 768 g/mol. The van der Waals surface area contributed by atoms with Crippen molar-refractivity contribution in [2.75, 3.05) is 0 Å². The summed E-state index contributed by atoms with van der Waals surface area (Å²) in [7, 11) is 0. The third-order valence-corrected chi connectivity index (χ3v) is 11.4.